The highest BCUT2D eigenvalue weighted by Gasteiger charge is 2.19. The Hall–Kier alpha value is -1.75. The van der Waals surface area contributed by atoms with Crippen LogP contribution in [0.25, 0.3) is 5.52 Å². The zero-order valence-electron chi connectivity index (χ0n) is 12.3. The average molecular weight is 266 g/mol. The summed E-state index contributed by atoms with van der Waals surface area (Å²) in [5.74, 6) is 0. The summed E-state index contributed by atoms with van der Waals surface area (Å²) in [6.07, 6.45) is 11.7. The molecule has 0 saturated heterocycles. The maximum absolute atomic E-state index is 9.54. The lowest BCUT2D eigenvalue weighted by atomic mass is 9.94. The van der Waals surface area contributed by atoms with E-state index in [0.29, 0.717) is 0 Å². The van der Waals surface area contributed by atoms with Gasteiger partial charge >= 0.3 is 0 Å². The van der Waals surface area contributed by atoms with Crippen molar-refractivity contribution in [2.45, 2.75) is 58.3 Å². The van der Waals surface area contributed by atoms with E-state index in [1.54, 1.807) is 0 Å². The van der Waals surface area contributed by atoms with Crippen LogP contribution in [0.2, 0.25) is 0 Å². The Balaban J connectivity index is 2.20. The molecule has 0 amide bonds. The van der Waals surface area contributed by atoms with Crippen LogP contribution >= 0.6 is 0 Å². The van der Waals surface area contributed by atoms with Crippen molar-refractivity contribution >= 4 is 5.52 Å². The van der Waals surface area contributed by atoms with E-state index in [9.17, 15) is 5.26 Å². The monoisotopic (exact) mass is 266 g/mol. The Bertz CT molecular complexity index is 658. The van der Waals surface area contributed by atoms with E-state index < -0.39 is 0 Å². The summed E-state index contributed by atoms with van der Waals surface area (Å²) in [5, 5.41) is 9.54. The van der Waals surface area contributed by atoms with Crippen LogP contribution in [0.5, 0.6) is 0 Å². The highest BCUT2D eigenvalue weighted by molar-refractivity contribution is 5.65. The summed E-state index contributed by atoms with van der Waals surface area (Å²) in [6, 6.07) is 6.92. The van der Waals surface area contributed by atoms with Crippen molar-refractivity contribution in [3.8, 4) is 6.07 Å². The number of aromatic nitrogens is 1. The molecule has 2 heteroatoms. The van der Waals surface area contributed by atoms with E-state index in [0.717, 1.165) is 25.0 Å². The highest BCUT2D eigenvalue weighted by atomic mass is 14.9. The van der Waals surface area contributed by atoms with Crippen molar-refractivity contribution in [1.82, 2.24) is 4.40 Å². The molecule has 0 fully saturated rings. The number of rotatable bonds is 2. The number of nitriles is 1. The van der Waals surface area contributed by atoms with Gasteiger partial charge in [0.2, 0.25) is 0 Å². The van der Waals surface area contributed by atoms with Crippen molar-refractivity contribution in [3.63, 3.8) is 0 Å². The first kappa shape index (κ1) is 13.2. The first-order chi connectivity index (χ1) is 9.85. The predicted molar refractivity (Wildman–Crippen MR) is 82.0 cm³/mol. The van der Waals surface area contributed by atoms with Gasteiger partial charge in [-0.25, -0.2) is 0 Å². The second-order valence-corrected chi connectivity index (χ2v) is 5.87. The fourth-order valence-corrected chi connectivity index (χ4v) is 3.49. The van der Waals surface area contributed by atoms with E-state index >= 15 is 0 Å². The van der Waals surface area contributed by atoms with Crippen molar-refractivity contribution in [2.24, 2.45) is 0 Å². The smallest absolute Gasteiger partial charge is 0.128 e. The van der Waals surface area contributed by atoms with Gasteiger partial charge in [0, 0.05) is 6.20 Å². The Morgan fingerprint density at radius 2 is 1.90 bits per heavy atom. The number of nitrogens with zero attached hydrogens (tertiary/aromatic N) is 2. The Labute approximate surface area is 121 Å². The Morgan fingerprint density at radius 1 is 1.15 bits per heavy atom. The highest BCUT2D eigenvalue weighted by Crippen LogP contribution is 2.30. The minimum absolute atomic E-state index is 0.875. The molecule has 2 aromatic rings. The van der Waals surface area contributed by atoms with Crippen LogP contribution in [0, 0.1) is 11.3 Å². The molecule has 0 aliphatic heterocycles. The summed E-state index contributed by atoms with van der Waals surface area (Å²) in [6.45, 7) is 2.22. The summed E-state index contributed by atoms with van der Waals surface area (Å²) < 4.78 is 2.12. The van der Waals surface area contributed by atoms with Crippen molar-refractivity contribution in [3.05, 3.63) is 40.7 Å². The van der Waals surface area contributed by atoms with Crippen LogP contribution in [0.4, 0.5) is 0 Å². The predicted octanol–water partition coefficient (Wildman–Crippen LogP) is 4.42. The fraction of sp³-hybridized carbons (Fsp3) is 0.500. The SMILES string of the molecule is CCCc1ccn2c(C#N)c3c(c2c1)CCCCCC3. The molecule has 1 aliphatic carbocycles. The normalized spacial score (nSPS) is 15.4. The zero-order valence-corrected chi connectivity index (χ0v) is 12.3. The van der Waals surface area contributed by atoms with Crippen LogP contribution in [-0.4, -0.2) is 4.40 Å². The first-order valence-corrected chi connectivity index (χ1v) is 7.90. The number of pyridine rings is 1. The summed E-state index contributed by atoms with van der Waals surface area (Å²) in [5.41, 5.74) is 6.32. The molecule has 20 heavy (non-hydrogen) atoms. The third kappa shape index (κ3) is 2.22. The number of hydrogen-bond acceptors (Lipinski definition) is 1. The topological polar surface area (TPSA) is 28.2 Å². The van der Waals surface area contributed by atoms with Crippen LogP contribution < -0.4 is 0 Å². The quantitative estimate of drug-likeness (QED) is 0.790. The van der Waals surface area contributed by atoms with Crippen LogP contribution in [0.3, 0.4) is 0 Å². The second kappa shape index (κ2) is 5.71. The van der Waals surface area contributed by atoms with E-state index in [-0.39, 0.29) is 0 Å². The van der Waals surface area contributed by atoms with Crippen LogP contribution in [-0.2, 0) is 19.3 Å². The zero-order chi connectivity index (χ0) is 13.9. The number of fused-ring (bicyclic) bond motifs is 3. The molecular weight excluding hydrogens is 244 g/mol. The molecule has 0 aromatic carbocycles. The standard InChI is InChI=1S/C18H22N2/c1-2-7-14-10-11-20-17(12-14)15-8-5-3-4-6-9-16(15)18(20)13-19/h10-12H,2-9H2,1H3. The van der Waals surface area contributed by atoms with E-state index in [4.69, 9.17) is 0 Å². The van der Waals surface area contributed by atoms with Gasteiger partial charge in [0.15, 0.2) is 0 Å². The molecule has 0 bridgehead atoms. The summed E-state index contributed by atoms with van der Waals surface area (Å²) in [7, 11) is 0. The summed E-state index contributed by atoms with van der Waals surface area (Å²) >= 11 is 0. The number of aryl methyl sites for hydroxylation is 2. The molecule has 2 aromatic heterocycles. The molecular formula is C18H22N2. The maximum Gasteiger partial charge on any atom is 0.128 e. The third-order valence-corrected chi connectivity index (χ3v) is 4.47. The molecule has 3 rings (SSSR count). The van der Waals surface area contributed by atoms with E-state index in [1.807, 2.05) is 0 Å². The van der Waals surface area contributed by atoms with E-state index in [1.165, 1.54) is 54.3 Å². The van der Waals surface area contributed by atoms with Crippen LogP contribution in [0.1, 0.15) is 61.4 Å². The van der Waals surface area contributed by atoms with Crippen LogP contribution in [0.15, 0.2) is 18.3 Å². The molecule has 0 N–H and O–H groups in total. The lowest BCUT2D eigenvalue weighted by Gasteiger charge is -2.09. The number of hydrogen-bond donors (Lipinski definition) is 0. The fourth-order valence-electron chi connectivity index (χ4n) is 3.49. The Kier molecular flexibility index (Phi) is 3.78. The second-order valence-electron chi connectivity index (χ2n) is 5.87. The molecule has 0 radical (unpaired) electrons. The molecule has 2 heterocycles. The molecule has 0 saturated carbocycles. The molecule has 1 aliphatic rings. The van der Waals surface area contributed by atoms with Gasteiger partial charge in [-0.3, -0.25) is 0 Å². The lowest BCUT2D eigenvalue weighted by Crippen LogP contribution is -1.98. The molecule has 2 nitrogen and oxygen atoms in total. The third-order valence-electron chi connectivity index (χ3n) is 4.47. The molecule has 0 atom stereocenters. The Morgan fingerprint density at radius 3 is 2.60 bits per heavy atom. The van der Waals surface area contributed by atoms with Gasteiger partial charge in [-0.15, -0.1) is 0 Å². The van der Waals surface area contributed by atoms with Gasteiger partial charge in [-0.1, -0.05) is 26.2 Å². The maximum atomic E-state index is 9.54. The van der Waals surface area contributed by atoms with Gasteiger partial charge in [0.05, 0.1) is 5.52 Å². The average Bonchev–Trinajstić information content (AvgIpc) is 2.70. The van der Waals surface area contributed by atoms with E-state index in [2.05, 4.69) is 35.7 Å². The first-order valence-electron chi connectivity index (χ1n) is 7.90. The minimum Gasteiger partial charge on any atom is -0.308 e. The van der Waals surface area contributed by atoms with Gasteiger partial charge in [-0.2, -0.15) is 5.26 Å². The molecule has 0 unspecified atom stereocenters. The lowest BCUT2D eigenvalue weighted by molar-refractivity contribution is 0.620. The van der Waals surface area contributed by atoms with Gasteiger partial charge in [0.25, 0.3) is 0 Å². The van der Waals surface area contributed by atoms with Gasteiger partial charge < -0.3 is 4.40 Å². The summed E-state index contributed by atoms with van der Waals surface area (Å²) in [4.78, 5) is 0. The van der Waals surface area contributed by atoms with Crippen molar-refractivity contribution in [2.75, 3.05) is 0 Å². The largest absolute Gasteiger partial charge is 0.308 e. The van der Waals surface area contributed by atoms with Crippen molar-refractivity contribution < 1.29 is 0 Å². The molecule has 104 valence electrons. The molecule has 0 spiro atoms. The van der Waals surface area contributed by atoms with Crippen molar-refractivity contribution in [1.29, 1.82) is 5.26 Å². The minimum atomic E-state index is 0.875. The van der Waals surface area contributed by atoms with Gasteiger partial charge in [0.1, 0.15) is 11.8 Å². The van der Waals surface area contributed by atoms with Gasteiger partial charge in [-0.05, 0) is 60.9 Å².